The van der Waals surface area contributed by atoms with Gasteiger partial charge < -0.3 is 14.2 Å². The van der Waals surface area contributed by atoms with Crippen LogP contribution in [0.5, 0.6) is 0 Å². The van der Waals surface area contributed by atoms with Crippen LogP contribution >= 0.6 is 0 Å². The van der Waals surface area contributed by atoms with E-state index in [1.165, 1.54) is 11.2 Å². The molecule has 1 aliphatic heterocycles. The quantitative estimate of drug-likeness (QED) is 0.692. The van der Waals surface area contributed by atoms with Gasteiger partial charge in [0, 0.05) is 18.0 Å². The molecule has 1 N–H and O–H groups in total. The summed E-state index contributed by atoms with van der Waals surface area (Å²) in [6.07, 6.45) is 5.17. The van der Waals surface area contributed by atoms with Crippen LogP contribution < -0.4 is 4.90 Å². The van der Waals surface area contributed by atoms with Crippen LogP contribution in [0.25, 0.3) is 0 Å². The molecule has 3 aromatic heterocycles. The van der Waals surface area contributed by atoms with E-state index in [9.17, 15) is 4.79 Å². The van der Waals surface area contributed by atoms with Gasteiger partial charge in [0.05, 0.1) is 38.0 Å². The molecule has 0 aromatic carbocycles. The maximum absolute atomic E-state index is 12.6. The Morgan fingerprint density at radius 2 is 2.00 bits per heavy atom. The van der Waals surface area contributed by atoms with Crippen molar-refractivity contribution in [3.63, 3.8) is 0 Å². The van der Waals surface area contributed by atoms with Gasteiger partial charge in [0.1, 0.15) is 0 Å². The maximum atomic E-state index is 12.6. The van der Waals surface area contributed by atoms with Crippen molar-refractivity contribution < 1.29 is 14.1 Å². The highest BCUT2D eigenvalue weighted by Crippen LogP contribution is 2.22. The van der Waals surface area contributed by atoms with E-state index in [0.717, 1.165) is 24.5 Å². The fourth-order valence-corrected chi connectivity index (χ4v) is 3.81. The number of furan rings is 1. The van der Waals surface area contributed by atoms with Gasteiger partial charge >= 0.3 is 0 Å². The largest absolute Gasteiger partial charge is 0.459 e. The molecule has 1 saturated heterocycles. The van der Waals surface area contributed by atoms with Gasteiger partial charge in [-0.3, -0.25) is 9.78 Å². The van der Waals surface area contributed by atoms with Crippen LogP contribution in [0.15, 0.2) is 47.3 Å². The van der Waals surface area contributed by atoms with Gasteiger partial charge in [-0.1, -0.05) is 0 Å². The molecule has 1 amide bonds. The van der Waals surface area contributed by atoms with Crippen LogP contribution in [-0.4, -0.2) is 62.2 Å². The third kappa shape index (κ3) is 3.91. The van der Waals surface area contributed by atoms with E-state index in [-0.39, 0.29) is 17.5 Å². The Bertz CT molecular complexity index is 939. The predicted molar refractivity (Wildman–Crippen MR) is 104 cm³/mol. The average Bonchev–Trinajstić information content (AvgIpc) is 3.41. The van der Waals surface area contributed by atoms with Gasteiger partial charge in [-0.2, -0.15) is 0 Å². The van der Waals surface area contributed by atoms with E-state index in [2.05, 4.69) is 47.3 Å². The highest BCUT2D eigenvalue weighted by molar-refractivity contribution is 5.91. The first kappa shape index (κ1) is 19.3. The van der Waals surface area contributed by atoms with Gasteiger partial charge in [0.15, 0.2) is 11.8 Å². The Labute approximate surface area is 169 Å². The zero-order chi connectivity index (χ0) is 20.4. The molecule has 1 fully saturated rings. The molecule has 0 unspecified atom stereocenters. The third-order valence-electron chi connectivity index (χ3n) is 5.24. The Kier molecular flexibility index (Phi) is 5.14. The molecule has 152 valence electrons. The number of carbonyl (C=O) groups is 1. The summed E-state index contributed by atoms with van der Waals surface area (Å²) >= 11 is 0. The van der Waals surface area contributed by atoms with Gasteiger partial charge in [-0.25, -0.2) is 4.68 Å². The second-order valence-corrected chi connectivity index (χ2v) is 8.27. The SMILES string of the molecule is CC(C)(C)n1nnnc1[C@@H](c1cccnc1)[NH+]1CCN(C(=O)c2ccco2)CC1. The van der Waals surface area contributed by atoms with E-state index in [1.54, 1.807) is 18.3 Å². The number of pyridine rings is 1. The number of quaternary nitrogens is 1. The van der Waals surface area contributed by atoms with Crippen LogP contribution in [0.3, 0.4) is 0 Å². The van der Waals surface area contributed by atoms with Crippen LogP contribution in [0.4, 0.5) is 0 Å². The van der Waals surface area contributed by atoms with Crippen LogP contribution in [0, 0.1) is 0 Å². The molecule has 0 spiro atoms. The molecule has 1 aliphatic rings. The number of amides is 1. The predicted octanol–water partition coefficient (Wildman–Crippen LogP) is 0.546. The molecule has 4 heterocycles. The molecule has 0 radical (unpaired) electrons. The fourth-order valence-electron chi connectivity index (χ4n) is 3.81. The van der Waals surface area contributed by atoms with E-state index in [0.29, 0.717) is 18.8 Å². The zero-order valence-electron chi connectivity index (χ0n) is 16.9. The van der Waals surface area contributed by atoms with E-state index < -0.39 is 0 Å². The summed E-state index contributed by atoms with van der Waals surface area (Å²) in [5, 5.41) is 12.6. The minimum absolute atomic E-state index is 0.0567. The van der Waals surface area contributed by atoms with Gasteiger partial charge in [-0.15, -0.1) is 5.10 Å². The van der Waals surface area contributed by atoms with Crippen LogP contribution in [0.2, 0.25) is 0 Å². The average molecular weight is 396 g/mol. The second-order valence-electron chi connectivity index (χ2n) is 8.27. The Morgan fingerprint density at radius 3 is 2.62 bits per heavy atom. The molecule has 0 saturated carbocycles. The number of piperazine rings is 1. The number of tetrazole rings is 1. The number of hydrogen-bond donors (Lipinski definition) is 1. The van der Waals surface area contributed by atoms with Crippen molar-refractivity contribution in [1.82, 2.24) is 30.1 Å². The number of aromatic nitrogens is 5. The smallest absolute Gasteiger partial charge is 0.289 e. The number of nitrogens with one attached hydrogen (secondary N) is 1. The van der Waals surface area contributed by atoms with Crippen molar-refractivity contribution in [3.8, 4) is 0 Å². The van der Waals surface area contributed by atoms with Gasteiger partial charge in [-0.05, 0) is 55.5 Å². The van der Waals surface area contributed by atoms with Crippen LogP contribution in [0.1, 0.15) is 48.8 Å². The lowest BCUT2D eigenvalue weighted by Crippen LogP contribution is -3.15. The first-order valence-corrected chi connectivity index (χ1v) is 9.81. The Morgan fingerprint density at radius 1 is 1.21 bits per heavy atom. The summed E-state index contributed by atoms with van der Waals surface area (Å²) in [7, 11) is 0. The van der Waals surface area contributed by atoms with Crippen molar-refractivity contribution in [1.29, 1.82) is 0 Å². The summed E-state index contributed by atoms with van der Waals surface area (Å²) in [5.41, 5.74) is 0.823. The van der Waals surface area contributed by atoms with Crippen molar-refractivity contribution in [2.24, 2.45) is 0 Å². The number of hydrogen-bond acceptors (Lipinski definition) is 6. The lowest BCUT2D eigenvalue weighted by molar-refractivity contribution is -0.930. The Balaban J connectivity index is 1.59. The summed E-state index contributed by atoms with van der Waals surface area (Å²) in [6, 6.07) is 7.38. The summed E-state index contributed by atoms with van der Waals surface area (Å²) in [6.45, 7) is 9.10. The highest BCUT2D eigenvalue weighted by Gasteiger charge is 2.37. The van der Waals surface area contributed by atoms with E-state index in [4.69, 9.17) is 4.42 Å². The summed E-state index contributed by atoms with van der Waals surface area (Å²) < 4.78 is 7.16. The number of nitrogens with zero attached hydrogens (tertiary/aromatic N) is 6. The first-order chi connectivity index (χ1) is 13.9. The van der Waals surface area contributed by atoms with Gasteiger partial charge in [0.25, 0.3) is 5.91 Å². The minimum atomic E-state index is -0.240. The zero-order valence-corrected chi connectivity index (χ0v) is 16.9. The number of carbonyl (C=O) groups excluding carboxylic acids is 1. The number of rotatable bonds is 4. The Hall–Kier alpha value is -3.07. The monoisotopic (exact) mass is 396 g/mol. The van der Waals surface area contributed by atoms with Gasteiger partial charge in [0.2, 0.25) is 5.82 Å². The summed E-state index contributed by atoms with van der Waals surface area (Å²) in [4.78, 5) is 20.1. The van der Waals surface area contributed by atoms with Crippen molar-refractivity contribution in [3.05, 3.63) is 60.1 Å². The highest BCUT2D eigenvalue weighted by atomic mass is 16.3. The minimum Gasteiger partial charge on any atom is -0.459 e. The first-order valence-electron chi connectivity index (χ1n) is 9.81. The van der Waals surface area contributed by atoms with E-state index >= 15 is 0 Å². The lowest BCUT2D eigenvalue weighted by atomic mass is 10.0. The maximum Gasteiger partial charge on any atom is 0.289 e. The molecule has 3 aromatic rings. The third-order valence-corrected chi connectivity index (χ3v) is 5.24. The molecule has 0 aliphatic carbocycles. The van der Waals surface area contributed by atoms with Crippen molar-refractivity contribution in [2.75, 3.05) is 26.2 Å². The lowest BCUT2D eigenvalue weighted by Gasteiger charge is -2.36. The molecule has 4 rings (SSSR count). The van der Waals surface area contributed by atoms with Crippen molar-refractivity contribution in [2.45, 2.75) is 32.4 Å². The fraction of sp³-hybridized carbons (Fsp3) is 0.450. The molecule has 0 bridgehead atoms. The molecule has 9 heteroatoms. The molecule has 1 atom stereocenters. The molecule has 29 heavy (non-hydrogen) atoms. The topological polar surface area (TPSA) is 94.4 Å². The summed E-state index contributed by atoms with van der Waals surface area (Å²) in [5.74, 6) is 1.13. The molecular weight excluding hydrogens is 370 g/mol. The van der Waals surface area contributed by atoms with Crippen molar-refractivity contribution >= 4 is 5.91 Å². The standard InChI is InChI=1S/C20H25N7O2/c1-20(2,3)27-18(22-23-24-27)17(15-6-4-8-21-14-15)25-9-11-26(12-10-25)19(28)16-7-5-13-29-16/h4-8,13-14,17H,9-12H2,1-3H3/p+1/t17-/m1/s1. The van der Waals surface area contributed by atoms with Crippen LogP contribution in [-0.2, 0) is 5.54 Å². The second kappa shape index (κ2) is 7.75. The van der Waals surface area contributed by atoms with E-state index in [1.807, 2.05) is 21.8 Å². The normalized spacial score (nSPS) is 16.7. The molecular formula is C20H26N7O2+. The molecule has 9 nitrogen and oxygen atoms in total.